The third-order valence-electron chi connectivity index (χ3n) is 3.92. The highest BCUT2D eigenvalue weighted by Gasteiger charge is 2.35. The number of carbonyl (C=O) groups is 1. The topological polar surface area (TPSA) is 48.0 Å². The molecule has 0 N–H and O–H groups in total. The van der Waals surface area contributed by atoms with Crippen LogP contribution in [0.4, 0.5) is 5.69 Å². The van der Waals surface area contributed by atoms with Crippen LogP contribution in [0.25, 0.3) is 6.08 Å². The average molecular weight is 402 g/mol. The van der Waals surface area contributed by atoms with E-state index in [9.17, 15) is 4.79 Å². The summed E-state index contributed by atoms with van der Waals surface area (Å²) in [5.41, 5.74) is 1.39. The molecule has 0 spiro atoms. The van der Waals surface area contributed by atoms with Crippen molar-refractivity contribution in [2.75, 3.05) is 25.7 Å². The molecular formula is C20H19NO4S2. The predicted molar refractivity (Wildman–Crippen MR) is 113 cm³/mol. The number of ether oxygens (including phenoxy) is 3. The van der Waals surface area contributed by atoms with E-state index in [2.05, 4.69) is 0 Å². The van der Waals surface area contributed by atoms with Gasteiger partial charge in [0.1, 0.15) is 5.75 Å². The highest BCUT2D eigenvalue weighted by Crippen LogP contribution is 2.41. The Morgan fingerprint density at radius 3 is 2.52 bits per heavy atom. The molecule has 1 aliphatic rings. The molecule has 140 valence electrons. The van der Waals surface area contributed by atoms with Crippen LogP contribution in [0.15, 0.2) is 47.4 Å². The van der Waals surface area contributed by atoms with Crippen LogP contribution in [0.2, 0.25) is 0 Å². The van der Waals surface area contributed by atoms with E-state index in [0.717, 1.165) is 5.56 Å². The molecular weight excluding hydrogens is 382 g/mol. The number of benzene rings is 2. The number of hydrogen-bond acceptors (Lipinski definition) is 6. The summed E-state index contributed by atoms with van der Waals surface area (Å²) in [4.78, 5) is 15.1. The highest BCUT2D eigenvalue weighted by molar-refractivity contribution is 8.27. The van der Waals surface area contributed by atoms with Crippen LogP contribution in [-0.4, -0.2) is 31.1 Å². The van der Waals surface area contributed by atoms with Crippen molar-refractivity contribution >= 4 is 46.0 Å². The number of anilines is 1. The van der Waals surface area contributed by atoms with Gasteiger partial charge in [0.25, 0.3) is 5.91 Å². The average Bonchev–Trinajstić information content (AvgIpc) is 2.95. The summed E-state index contributed by atoms with van der Waals surface area (Å²) in [6, 6.07) is 12.9. The van der Waals surface area contributed by atoms with Crippen LogP contribution < -0.4 is 19.1 Å². The van der Waals surface area contributed by atoms with Gasteiger partial charge in [-0.1, -0.05) is 48.2 Å². The molecule has 1 fully saturated rings. The third-order valence-corrected chi connectivity index (χ3v) is 5.22. The lowest BCUT2D eigenvalue weighted by molar-refractivity contribution is -0.113. The van der Waals surface area contributed by atoms with E-state index in [1.165, 1.54) is 16.7 Å². The Morgan fingerprint density at radius 2 is 1.81 bits per heavy atom. The monoisotopic (exact) mass is 401 g/mol. The minimum atomic E-state index is -0.193. The molecule has 7 heteroatoms. The van der Waals surface area contributed by atoms with E-state index in [0.29, 0.717) is 38.8 Å². The zero-order valence-electron chi connectivity index (χ0n) is 15.2. The molecule has 1 aliphatic heterocycles. The lowest BCUT2D eigenvalue weighted by atomic mass is 10.1. The van der Waals surface area contributed by atoms with Crippen molar-refractivity contribution in [1.82, 2.24) is 0 Å². The number of methoxy groups -OCH3 is 2. The summed E-state index contributed by atoms with van der Waals surface area (Å²) in [5.74, 6) is 1.60. The fourth-order valence-corrected chi connectivity index (χ4v) is 4.04. The summed E-state index contributed by atoms with van der Waals surface area (Å²) >= 11 is 6.71. The SMILES string of the molecule is CCOc1ccccc1N1C(=O)C(=Cc2cccc(OC)c2OC)SC1=S. The van der Waals surface area contributed by atoms with Gasteiger partial charge in [-0.25, -0.2) is 0 Å². The minimum absolute atomic E-state index is 0.193. The molecule has 27 heavy (non-hydrogen) atoms. The van der Waals surface area contributed by atoms with E-state index in [-0.39, 0.29) is 5.91 Å². The second-order valence-electron chi connectivity index (χ2n) is 5.50. The highest BCUT2D eigenvalue weighted by atomic mass is 32.2. The van der Waals surface area contributed by atoms with Gasteiger partial charge in [-0.15, -0.1) is 0 Å². The first kappa shape index (κ1) is 19.3. The molecule has 0 unspecified atom stereocenters. The van der Waals surface area contributed by atoms with Gasteiger partial charge in [-0.05, 0) is 31.2 Å². The molecule has 0 aliphatic carbocycles. The van der Waals surface area contributed by atoms with E-state index in [1.54, 1.807) is 26.4 Å². The Labute approximate surface area is 167 Å². The summed E-state index contributed by atoms with van der Waals surface area (Å²) in [7, 11) is 3.14. The minimum Gasteiger partial charge on any atom is -0.493 e. The fourth-order valence-electron chi connectivity index (χ4n) is 2.76. The number of thiocarbonyl (C=S) groups is 1. The second-order valence-corrected chi connectivity index (χ2v) is 7.18. The molecule has 0 aromatic heterocycles. The number of amides is 1. The molecule has 1 heterocycles. The fraction of sp³-hybridized carbons (Fsp3) is 0.200. The molecule has 1 amide bonds. The van der Waals surface area contributed by atoms with Gasteiger partial charge >= 0.3 is 0 Å². The molecule has 1 saturated heterocycles. The largest absolute Gasteiger partial charge is 0.493 e. The lowest BCUT2D eigenvalue weighted by Gasteiger charge is -2.18. The molecule has 5 nitrogen and oxygen atoms in total. The summed E-state index contributed by atoms with van der Waals surface area (Å²) < 4.78 is 16.9. The van der Waals surface area contributed by atoms with Crippen molar-refractivity contribution in [2.45, 2.75) is 6.92 Å². The van der Waals surface area contributed by atoms with Crippen LogP contribution >= 0.6 is 24.0 Å². The number of hydrogen-bond donors (Lipinski definition) is 0. The van der Waals surface area contributed by atoms with Crippen molar-refractivity contribution in [3.8, 4) is 17.2 Å². The Kier molecular flexibility index (Phi) is 6.03. The zero-order valence-corrected chi connectivity index (χ0v) is 16.9. The Morgan fingerprint density at radius 1 is 1.07 bits per heavy atom. The third kappa shape index (κ3) is 3.79. The van der Waals surface area contributed by atoms with Crippen molar-refractivity contribution in [2.24, 2.45) is 0 Å². The smallest absolute Gasteiger partial charge is 0.270 e. The van der Waals surface area contributed by atoms with Crippen LogP contribution in [0.3, 0.4) is 0 Å². The van der Waals surface area contributed by atoms with Crippen LogP contribution in [0.1, 0.15) is 12.5 Å². The predicted octanol–water partition coefficient (Wildman–Crippen LogP) is 4.51. The number of thioether (sulfide) groups is 1. The first-order chi connectivity index (χ1) is 13.1. The lowest BCUT2D eigenvalue weighted by Crippen LogP contribution is -2.28. The molecule has 0 saturated carbocycles. The maximum Gasteiger partial charge on any atom is 0.270 e. The number of carbonyl (C=O) groups excluding carboxylic acids is 1. The van der Waals surface area contributed by atoms with E-state index < -0.39 is 0 Å². The number of para-hydroxylation sites is 3. The van der Waals surface area contributed by atoms with Gasteiger partial charge in [0, 0.05) is 5.56 Å². The van der Waals surface area contributed by atoms with Gasteiger partial charge in [0.05, 0.1) is 31.4 Å². The van der Waals surface area contributed by atoms with Crippen LogP contribution in [0, 0.1) is 0 Å². The summed E-state index contributed by atoms with van der Waals surface area (Å²) in [5, 5.41) is 0. The van der Waals surface area contributed by atoms with Gasteiger partial charge in [-0.3, -0.25) is 9.69 Å². The molecule has 2 aromatic carbocycles. The first-order valence-corrected chi connectivity index (χ1v) is 9.54. The molecule has 0 bridgehead atoms. The van der Waals surface area contributed by atoms with Crippen molar-refractivity contribution in [1.29, 1.82) is 0 Å². The number of rotatable bonds is 6. The van der Waals surface area contributed by atoms with E-state index in [1.807, 2.05) is 43.3 Å². The zero-order chi connectivity index (χ0) is 19.4. The van der Waals surface area contributed by atoms with Crippen molar-refractivity contribution in [3.63, 3.8) is 0 Å². The Bertz CT molecular complexity index is 911. The van der Waals surface area contributed by atoms with E-state index in [4.69, 9.17) is 26.4 Å². The Balaban J connectivity index is 1.99. The van der Waals surface area contributed by atoms with Gasteiger partial charge in [0.15, 0.2) is 15.8 Å². The first-order valence-electron chi connectivity index (χ1n) is 8.31. The molecule has 2 aromatic rings. The maximum atomic E-state index is 13.1. The van der Waals surface area contributed by atoms with E-state index >= 15 is 0 Å². The van der Waals surface area contributed by atoms with Crippen molar-refractivity contribution in [3.05, 3.63) is 52.9 Å². The quantitative estimate of drug-likeness (QED) is 0.524. The van der Waals surface area contributed by atoms with Gasteiger partial charge in [0.2, 0.25) is 0 Å². The van der Waals surface area contributed by atoms with Crippen LogP contribution in [-0.2, 0) is 4.79 Å². The standard InChI is InChI=1S/C20H19NO4S2/c1-4-25-15-10-6-5-9-14(15)21-19(22)17(27-20(21)26)12-13-8-7-11-16(23-2)18(13)24-3/h5-12H,4H2,1-3H3. The van der Waals surface area contributed by atoms with Gasteiger partial charge < -0.3 is 14.2 Å². The van der Waals surface area contributed by atoms with Gasteiger partial charge in [-0.2, -0.15) is 0 Å². The molecule has 3 rings (SSSR count). The maximum absolute atomic E-state index is 13.1. The second kappa shape index (κ2) is 8.45. The van der Waals surface area contributed by atoms with Crippen LogP contribution in [0.5, 0.6) is 17.2 Å². The summed E-state index contributed by atoms with van der Waals surface area (Å²) in [6.07, 6.45) is 1.77. The molecule has 0 radical (unpaired) electrons. The van der Waals surface area contributed by atoms with Crippen molar-refractivity contribution < 1.29 is 19.0 Å². The normalized spacial score (nSPS) is 15.4. The molecule has 0 atom stereocenters. The number of nitrogens with zero attached hydrogens (tertiary/aromatic N) is 1. The Hall–Kier alpha value is -2.51. The summed E-state index contributed by atoms with van der Waals surface area (Å²) in [6.45, 7) is 2.40.